The maximum absolute atomic E-state index is 13.4. The molecule has 3 heterocycles. The first-order valence-corrected chi connectivity index (χ1v) is 8.47. The van der Waals surface area contributed by atoms with Gasteiger partial charge in [-0.2, -0.15) is 0 Å². The maximum atomic E-state index is 13.4. The number of imidazole rings is 1. The first-order valence-electron chi connectivity index (χ1n) is 8.47. The Morgan fingerprint density at radius 1 is 1.31 bits per heavy atom. The molecule has 0 saturated carbocycles. The Kier molecular flexibility index (Phi) is 3.99. The van der Waals surface area contributed by atoms with Crippen molar-refractivity contribution in [3.05, 3.63) is 65.1 Å². The fraction of sp³-hybridized carbons (Fsp3) is 0.316. The van der Waals surface area contributed by atoms with E-state index in [1.54, 1.807) is 27.2 Å². The Hall–Kier alpha value is -3.09. The van der Waals surface area contributed by atoms with Crippen LogP contribution in [-0.2, 0) is 13.1 Å². The first kappa shape index (κ1) is 16.4. The molecule has 0 bridgehead atoms. The molecule has 0 saturated heterocycles. The standard InChI is InChI=1S/C19H20N4O3/c1-12-18(13(2)26-21-12)19(24)23-11-17-20-8-9-22(17)10-15(23)14-6-4-5-7-16(14)25-3/h4-9,15H,10-11H2,1-3H3/t15-/m1/s1. The highest BCUT2D eigenvalue weighted by Gasteiger charge is 2.35. The fourth-order valence-corrected chi connectivity index (χ4v) is 3.56. The molecule has 26 heavy (non-hydrogen) atoms. The minimum atomic E-state index is -0.172. The van der Waals surface area contributed by atoms with Crippen molar-refractivity contribution in [1.82, 2.24) is 19.6 Å². The van der Waals surface area contributed by atoms with Crippen LogP contribution in [0.3, 0.4) is 0 Å². The van der Waals surface area contributed by atoms with Crippen molar-refractivity contribution >= 4 is 5.91 Å². The number of hydrogen-bond donors (Lipinski definition) is 0. The third-order valence-electron chi connectivity index (χ3n) is 4.87. The minimum absolute atomic E-state index is 0.105. The number of aromatic nitrogens is 3. The highest BCUT2D eigenvalue weighted by Crippen LogP contribution is 2.36. The van der Waals surface area contributed by atoms with Gasteiger partial charge in [-0.1, -0.05) is 23.4 Å². The maximum Gasteiger partial charge on any atom is 0.260 e. The van der Waals surface area contributed by atoms with Gasteiger partial charge >= 0.3 is 0 Å². The number of ether oxygens (including phenoxy) is 1. The summed E-state index contributed by atoms with van der Waals surface area (Å²) in [6, 6.07) is 7.62. The van der Waals surface area contributed by atoms with Gasteiger partial charge in [0.2, 0.25) is 0 Å². The van der Waals surface area contributed by atoms with E-state index in [1.165, 1.54) is 0 Å². The lowest BCUT2D eigenvalue weighted by atomic mass is 10.0. The monoisotopic (exact) mass is 352 g/mol. The lowest BCUT2D eigenvalue weighted by Crippen LogP contribution is -2.41. The van der Waals surface area contributed by atoms with E-state index in [0.29, 0.717) is 30.1 Å². The van der Waals surface area contributed by atoms with Crippen molar-refractivity contribution in [2.45, 2.75) is 33.0 Å². The summed E-state index contributed by atoms with van der Waals surface area (Å²) in [6.45, 7) is 4.58. The third kappa shape index (κ3) is 2.56. The van der Waals surface area contributed by atoms with Crippen LogP contribution < -0.4 is 4.74 Å². The van der Waals surface area contributed by atoms with Gasteiger partial charge in [0, 0.05) is 24.5 Å². The number of amides is 1. The van der Waals surface area contributed by atoms with Crippen molar-refractivity contribution < 1.29 is 14.1 Å². The summed E-state index contributed by atoms with van der Waals surface area (Å²) in [5, 5.41) is 3.93. The van der Waals surface area contributed by atoms with Crippen LogP contribution in [0.25, 0.3) is 0 Å². The number of aryl methyl sites for hydroxylation is 2. The van der Waals surface area contributed by atoms with E-state index in [2.05, 4.69) is 14.7 Å². The van der Waals surface area contributed by atoms with Gasteiger partial charge < -0.3 is 18.7 Å². The molecule has 0 unspecified atom stereocenters. The summed E-state index contributed by atoms with van der Waals surface area (Å²) in [6.07, 6.45) is 3.70. The van der Waals surface area contributed by atoms with Crippen LogP contribution >= 0.6 is 0 Å². The van der Waals surface area contributed by atoms with E-state index in [-0.39, 0.29) is 11.9 Å². The second-order valence-corrected chi connectivity index (χ2v) is 6.39. The number of para-hydroxylation sites is 1. The summed E-state index contributed by atoms with van der Waals surface area (Å²) in [5.74, 6) is 2.04. The van der Waals surface area contributed by atoms with Gasteiger partial charge in [-0.15, -0.1) is 0 Å². The molecule has 134 valence electrons. The highest BCUT2D eigenvalue weighted by atomic mass is 16.5. The molecule has 0 radical (unpaired) electrons. The van der Waals surface area contributed by atoms with E-state index >= 15 is 0 Å². The Labute approximate surface area is 151 Å². The molecule has 7 heteroatoms. The van der Waals surface area contributed by atoms with Crippen molar-refractivity contribution in [3.8, 4) is 5.75 Å². The van der Waals surface area contributed by atoms with Crippen LogP contribution in [0.15, 0.2) is 41.2 Å². The number of hydrogen-bond acceptors (Lipinski definition) is 5. The Morgan fingerprint density at radius 3 is 2.85 bits per heavy atom. The quantitative estimate of drug-likeness (QED) is 0.725. The Balaban J connectivity index is 1.81. The van der Waals surface area contributed by atoms with E-state index in [4.69, 9.17) is 9.26 Å². The van der Waals surface area contributed by atoms with Crippen molar-refractivity contribution in [2.75, 3.05) is 7.11 Å². The Bertz CT molecular complexity index is 940. The average molecular weight is 352 g/mol. The van der Waals surface area contributed by atoms with Gasteiger partial charge in [0.15, 0.2) is 0 Å². The lowest BCUT2D eigenvalue weighted by Gasteiger charge is -2.37. The second-order valence-electron chi connectivity index (χ2n) is 6.39. The van der Waals surface area contributed by atoms with Crippen LogP contribution in [-0.4, -0.2) is 32.6 Å². The molecule has 1 aliphatic heterocycles. The summed E-state index contributed by atoms with van der Waals surface area (Å²) in [4.78, 5) is 19.6. The van der Waals surface area contributed by atoms with Crippen LogP contribution in [0.2, 0.25) is 0 Å². The zero-order valence-electron chi connectivity index (χ0n) is 15.0. The zero-order valence-corrected chi connectivity index (χ0v) is 15.0. The molecular formula is C19H20N4O3. The van der Waals surface area contributed by atoms with E-state index in [1.807, 2.05) is 35.4 Å². The van der Waals surface area contributed by atoms with Crippen molar-refractivity contribution in [1.29, 1.82) is 0 Å². The third-order valence-corrected chi connectivity index (χ3v) is 4.87. The fourth-order valence-electron chi connectivity index (χ4n) is 3.56. The van der Waals surface area contributed by atoms with Crippen molar-refractivity contribution in [3.63, 3.8) is 0 Å². The molecule has 2 aromatic heterocycles. The SMILES string of the molecule is COc1ccccc1[C@H]1Cn2ccnc2CN1C(=O)c1c(C)noc1C. The van der Waals surface area contributed by atoms with Crippen LogP contribution in [0.1, 0.15) is 39.2 Å². The predicted octanol–water partition coefficient (Wildman–Crippen LogP) is 2.89. The number of rotatable bonds is 3. The topological polar surface area (TPSA) is 73.4 Å². The molecule has 0 aliphatic carbocycles. The molecular weight excluding hydrogens is 332 g/mol. The van der Waals surface area contributed by atoms with Crippen LogP contribution in [0.5, 0.6) is 5.75 Å². The van der Waals surface area contributed by atoms with Gasteiger partial charge in [0.25, 0.3) is 5.91 Å². The van der Waals surface area contributed by atoms with Crippen molar-refractivity contribution in [2.24, 2.45) is 0 Å². The highest BCUT2D eigenvalue weighted by molar-refractivity contribution is 5.96. The number of benzene rings is 1. The van der Waals surface area contributed by atoms with Crippen LogP contribution in [0, 0.1) is 13.8 Å². The normalized spacial score (nSPS) is 16.4. The summed E-state index contributed by atoms with van der Waals surface area (Å²) in [5.41, 5.74) is 2.08. The lowest BCUT2D eigenvalue weighted by molar-refractivity contribution is 0.0578. The summed E-state index contributed by atoms with van der Waals surface area (Å²) < 4.78 is 12.8. The molecule has 4 rings (SSSR count). The molecule has 0 N–H and O–H groups in total. The predicted molar refractivity (Wildman–Crippen MR) is 93.8 cm³/mol. The smallest absolute Gasteiger partial charge is 0.260 e. The number of methoxy groups -OCH3 is 1. The van der Waals surface area contributed by atoms with E-state index < -0.39 is 0 Å². The zero-order chi connectivity index (χ0) is 18.3. The van der Waals surface area contributed by atoms with Gasteiger partial charge in [-0.25, -0.2) is 4.98 Å². The number of carbonyl (C=O) groups excluding carboxylic acids is 1. The molecule has 0 fully saturated rings. The average Bonchev–Trinajstić information content (AvgIpc) is 3.25. The van der Waals surface area contributed by atoms with Gasteiger partial charge in [0.05, 0.1) is 25.4 Å². The molecule has 1 aromatic carbocycles. The largest absolute Gasteiger partial charge is 0.496 e. The molecule has 7 nitrogen and oxygen atoms in total. The van der Waals surface area contributed by atoms with Gasteiger partial charge in [-0.05, 0) is 19.9 Å². The van der Waals surface area contributed by atoms with E-state index in [0.717, 1.165) is 17.1 Å². The van der Waals surface area contributed by atoms with Crippen LogP contribution in [0.4, 0.5) is 0 Å². The van der Waals surface area contributed by atoms with Gasteiger partial charge in [0.1, 0.15) is 22.9 Å². The Morgan fingerprint density at radius 2 is 2.12 bits per heavy atom. The summed E-state index contributed by atoms with van der Waals surface area (Å²) >= 11 is 0. The molecule has 3 aromatic rings. The number of fused-ring (bicyclic) bond motifs is 1. The molecule has 1 aliphatic rings. The molecule has 1 atom stereocenters. The summed E-state index contributed by atoms with van der Waals surface area (Å²) in [7, 11) is 1.64. The molecule has 1 amide bonds. The van der Waals surface area contributed by atoms with Gasteiger partial charge in [-0.3, -0.25) is 4.79 Å². The minimum Gasteiger partial charge on any atom is -0.496 e. The number of nitrogens with zero attached hydrogens (tertiary/aromatic N) is 4. The number of carbonyl (C=O) groups is 1. The first-order chi connectivity index (χ1) is 12.6. The molecule has 0 spiro atoms. The second kappa shape index (κ2) is 6.33. The van der Waals surface area contributed by atoms with E-state index in [9.17, 15) is 4.79 Å².